The molecule has 0 atom stereocenters. The van der Waals surface area contributed by atoms with Crippen molar-refractivity contribution in [3.8, 4) is 11.8 Å². The van der Waals surface area contributed by atoms with E-state index in [0.29, 0.717) is 17.9 Å². The summed E-state index contributed by atoms with van der Waals surface area (Å²) in [6.07, 6.45) is 0. The molecule has 0 aromatic heterocycles. The summed E-state index contributed by atoms with van der Waals surface area (Å²) in [5.74, 6) is 0.0492. The number of rotatable bonds is 4. The van der Waals surface area contributed by atoms with Crippen LogP contribution >= 0.6 is 15.9 Å². The van der Waals surface area contributed by atoms with Crippen LogP contribution in [0.15, 0.2) is 40.9 Å². The summed E-state index contributed by atoms with van der Waals surface area (Å²) >= 11 is 3.38. The summed E-state index contributed by atoms with van der Waals surface area (Å²) in [5.41, 5.74) is 6.82. The van der Waals surface area contributed by atoms with Crippen LogP contribution in [-0.2, 0) is 13.2 Å². The van der Waals surface area contributed by atoms with E-state index in [-0.39, 0.29) is 12.2 Å². The van der Waals surface area contributed by atoms with E-state index in [1.807, 2.05) is 24.3 Å². The zero-order valence-electron chi connectivity index (χ0n) is 10.6. The van der Waals surface area contributed by atoms with Crippen LogP contribution in [0.2, 0.25) is 0 Å². The quantitative estimate of drug-likeness (QED) is 0.930. The second-order valence-electron chi connectivity index (χ2n) is 4.11. The number of nitriles is 1. The highest BCUT2D eigenvalue weighted by Crippen LogP contribution is 2.29. The number of para-hydroxylation sites is 1. The predicted molar refractivity (Wildman–Crippen MR) is 77.5 cm³/mol. The molecule has 0 saturated carbocycles. The minimum atomic E-state index is -0.545. The standard InChI is InChI=1S/C15H12BrFN2O/c16-13-6-2-4-11(8-19)15(13)20-9-12-5-1-3-10(7-18)14(12)17/h1-6H,8-9,19H2. The van der Waals surface area contributed by atoms with E-state index >= 15 is 0 Å². The molecule has 0 heterocycles. The molecular formula is C15H12BrFN2O. The Labute approximate surface area is 124 Å². The van der Waals surface area contributed by atoms with Crippen molar-refractivity contribution < 1.29 is 9.13 Å². The van der Waals surface area contributed by atoms with Crippen molar-refractivity contribution in [2.24, 2.45) is 5.73 Å². The number of nitrogens with two attached hydrogens (primary N) is 1. The van der Waals surface area contributed by atoms with Gasteiger partial charge in [-0.15, -0.1) is 0 Å². The molecule has 2 rings (SSSR count). The second kappa shape index (κ2) is 6.51. The lowest BCUT2D eigenvalue weighted by Crippen LogP contribution is -2.05. The molecule has 0 radical (unpaired) electrons. The Hall–Kier alpha value is -1.90. The summed E-state index contributed by atoms with van der Waals surface area (Å²) in [6, 6.07) is 12.0. The number of benzene rings is 2. The van der Waals surface area contributed by atoms with Gasteiger partial charge in [0.1, 0.15) is 24.2 Å². The van der Waals surface area contributed by atoms with E-state index in [2.05, 4.69) is 15.9 Å². The molecule has 2 aromatic carbocycles. The normalized spacial score (nSPS) is 10.1. The van der Waals surface area contributed by atoms with E-state index < -0.39 is 5.82 Å². The third-order valence-electron chi connectivity index (χ3n) is 2.84. The summed E-state index contributed by atoms with van der Waals surface area (Å²) in [5, 5.41) is 8.80. The average Bonchev–Trinajstić information content (AvgIpc) is 2.47. The molecule has 0 bridgehead atoms. The Morgan fingerprint density at radius 2 is 1.90 bits per heavy atom. The Morgan fingerprint density at radius 1 is 1.20 bits per heavy atom. The van der Waals surface area contributed by atoms with Crippen molar-refractivity contribution in [3.63, 3.8) is 0 Å². The SMILES string of the molecule is N#Cc1cccc(COc2c(Br)cccc2CN)c1F. The highest BCUT2D eigenvalue weighted by Gasteiger charge is 2.11. The van der Waals surface area contributed by atoms with Crippen molar-refractivity contribution in [2.45, 2.75) is 13.2 Å². The second-order valence-corrected chi connectivity index (χ2v) is 4.97. The van der Waals surface area contributed by atoms with Crippen molar-refractivity contribution in [3.05, 3.63) is 63.4 Å². The van der Waals surface area contributed by atoms with E-state index in [1.165, 1.54) is 6.07 Å². The van der Waals surface area contributed by atoms with E-state index in [0.717, 1.165) is 10.0 Å². The maximum absolute atomic E-state index is 13.9. The zero-order chi connectivity index (χ0) is 14.5. The highest BCUT2D eigenvalue weighted by atomic mass is 79.9. The first-order valence-corrected chi connectivity index (χ1v) is 6.74. The number of halogens is 2. The minimum absolute atomic E-state index is 0.0114. The van der Waals surface area contributed by atoms with Crippen LogP contribution in [-0.4, -0.2) is 0 Å². The number of ether oxygens (including phenoxy) is 1. The van der Waals surface area contributed by atoms with Crippen LogP contribution in [0.3, 0.4) is 0 Å². The van der Waals surface area contributed by atoms with Gasteiger partial charge in [-0.1, -0.05) is 24.3 Å². The monoisotopic (exact) mass is 334 g/mol. The summed E-state index contributed by atoms with van der Waals surface area (Å²) in [6.45, 7) is 0.368. The summed E-state index contributed by atoms with van der Waals surface area (Å²) in [4.78, 5) is 0. The van der Waals surface area contributed by atoms with Crippen molar-refractivity contribution in [1.82, 2.24) is 0 Å². The fourth-order valence-corrected chi connectivity index (χ4v) is 2.33. The third-order valence-corrected chi connectivity index (χ3v) is 3.46. The highest BCUT2D eigenvalue weighted by molar-refractivity contribution is 9.10. The molecule has 20 heavy (non-hydrogen) atoms. The smallest absolute Gasteiger partial charge is 0.147 e. The van der Waals surface area contributed by atoms with Gasteiger partial charge in [-0.05, 0) is 28.1 Å². The van der Waals surface area contributed by atoms with E-state index in [4.69, 9.17) is 15.7 Å². The van der Waals surface area contributed by atoms with Crippen molar-refractivity contribution in [2.75, 3.05) is 0 Å². The molecule has 102 valence electrons. The molecule has 2 N–H and O–H groups in total. The Kier molecular flexibility index (Phi) is 4.72. The lowest BCUT2D eigenvalue weighted by Gasteiger charge is -2.13. The fourth-order valence-electron chi connectivity index (χ4n) is 1.80. The van der Waals surface area contributed by atoms with Gasteiger partial charge < -0.3 is 10.5 Å². The van der Waals surface area contributed by atoms with Crippen LogP contribution in [0, 0.1) is 17.1 Å². The van der Waals surface area contributed by atoms with Crippen molar-refractivity contribution in [1.29, 1.82) is 5.26 Å². The summed E-state index contributed by atoms with van der Waals surface area (Å²) in [7, 11) is 0. The van der Waals surface area contributed by atoms with Gasteiger partial charge in [0.2, 0.25) is 0 Å². The molecule has 5 heteroatoms. The van der Waals surface area contributed by atoms with Crippen molar-refractivity contribution >= 4 is 15.9 Å². The van der Waals surface area contributed by atoms with Gasteiger partial charge in [0, 0.05) is 17.7 Å². The van der Waals surface area contributed by atoms with Gasteiger partial charge >= 0.3 is 0 Å². The number of nitrogens with zero attached hydrogens (tertiary/aromatic N) is 1. The minimum Gasteiger partial charge on any atom is -0.487 e. The Morgan fingerprint density at radius 3 is 2.60 bits per heavy atom. The molecule has 0 saturated heterocycles. The first kappa shape index (κ1) is 14.5. The molecule has 0 aliphatic carbocycles. The van der Waals surface area contributed by atoms with Crippen LogP contribution in [0.5, 0.6) is 5.75 Å². The molecule has 2 aromatic rings. The molecule has 0 amide bonds. The number of hydrogen-bond acceptors (Lipinski definition) is 3. The van der Waals surface area contributed by atoms with Gasteiger partial charge in [-0.25, -0.2) is 4.39 Å². The Bertz CT molecular complexity index is 667. The summed E-state index contributed by atoms with van der Waals surface area (Å²) < 4.78 is 20.3. The van der Waals surface area contributed by atoms with Gasteiger partial charge in [0.05, 0.1) is 10.0 Å². The third kappa shape index (κ3) is 2.98. The van der Waals surface area contributed by atoms with Crippen LogP contribution in [0.1, 0.15) is 16.7 Å². The number of hydrogen-bond donors (Lipinski definition) is 1. The predicted octanol–water partition coefficient (Wildman–Crippen LogP) is 3.50. The molecule has 0 aliphatic rings. The maximum Gasteiger partial charge on any atom is 0.147 e. The van der Waals surface area contributed by atoms with Crippen LogP contribution < -0.4 is 10.5 Å². The maximum atomic E-state index is 13.9. The van der Waals surface area contributed by atoms with Gasteiger partial charge in [-0.3, -0.25) is 0 Å². The largest absolute Gasteiger partial charge is 0.487 e. The topological polar surface area (TPSA) is 59.0 Å². The van der Waals surface area contributed by atoms with Crippen LogP contribution in [0.4, 0.5) is 4.39 Å². The molecule has 0 spiro atoms. The lowest BCUT2D eigenvalue weighted by atomic mass is 10.1. The molecule has 0 aliphatic heterocycles. The van der Waals surface area contributed by atoms with Gasteiger partial charge in [-0.2, -0.15) is 5.26 Å². The van der Waals surface area contributed by atoms with Gasteiger partial charge in [0.15, 0.2) is 0 Å². The lowest BCUT2D eigenvalue weighted by molar-refractivity contribution is 0.295. The molecule has 0 unspecified atom stereocenters. The van der Waals surface area contributed by atoms with E-state index in [1.54, 1.807) is 12.1 Å². The average molecular weight is 335 g/mol. The first-order valence-electron chi connectivity index (χ1n) is 5.95. The zero-order valence-corrected chi connectivity index (χ0v) is 12.2. The van der Waals surface area contributed by atoms with Crippen LogP contribution in [0.25, 0.3) is 0 Å². The first-order chi connectivity index (χ1) is 9.67. The van der Waals surface area contributed by atoms with Gasteiger partial charge in [0.25, 0.3) is 0 Å². The molecule has 0 fully saturated rings. The molecule has 3 nitrogen and oxygen atoms in total. The van der Waals surface area contributed by atoms with E-state index in [9.17, 15) is 4.39 Å². The fraction of sp³-hybridized carbons (Fsp3) is 0.133. The Balaban J connectivity index is 2.24. The molecular weight excluding hydrogens is 323 g/mol.